The van der Waals surface area contributed by atoms with Gasteiger partial charge in [-0.3, -0.25) is 19.2 Å². The molecule has 31 heavy (non-hydrogen) atoms. The van der Waals surface area contributed by atoms with Crippen LogP contribution in [0, 0.1) is 0 Å². The van der Waals surface area contributed by atoms with Crippen LogP contribution in [0.5, 0.6) is 0 Å². The van der Waals surface area contributed by atoms with Gasteiger partial charge in [0.15, 0.2) is 5.69 Å². The zero-order valence-electron chi connectivity index (χ0n) is 18.7. The summed E-state index contributed by atoms with van der Waals surface area (Å²) in [4.78, 5) is 32.5. The standard InChI is InChI=1S/C23H32N6O2/c1-4-22(30)29-13-12-18-9-7-10-19(27(18)3)15-28(14-17-8-5-6-11-21(17)29)23(31)20-16-26(2)25-24-20/h5-6,8,11,16,18-19H,4,7,9-10,12-15H2,1-3H3. The zero-order chi connectivity index (χ0) is 22.0. The van der Waals surface area contributed by atoms with Crippen molar-refractivity contribution in [3.8, 4) is 0 Å². The number of benzene rings is 1. The van der Waals surface area contributed by atoms with Crippen LogP contribution in [-0.2, 0) is 18.4 Å². The minimum absolute atomic E-state index is 0.119. The maximum Gasteiger partial charge on any atom is 0.276 e. The molecule has 2 bridgehead atoms. The van der Waals surface area contributed by atoms with Gasteiger partial charge in [-0.1, -0.05) is 36.8 Å². The van der Waals surface area contributed by atoms with Gasteiger partial charge in [-0.15, -0.1) is 5.10 Å². The van der Waals surface area contributed by atoms with Crippen molar-refractivity contribution < 1.29 is 9.59 Å². The van der Waals surface area contributed by atoms with Crippen LogP contribution in [0.2, 0.25) is 0 Å². The lowest BCUT2D eigenvalue weighted by atomic mass is 9.93. The molecule has 2 aromatic rings. The molecule has 2 aliphatic heterocycles. The van der Waals surface area contributed by atoms with Gasteiger partial charge >= 0.3 is 0 Å². The molecular weight excluding hydrogens is 392 g/mol. The van der Waals surface area contributed by atoms with E-state index in [1.165, 1.54) is 0 Å². The van der Waals surface area contributed by atoms with Gasteiger partial charge in [0, 0.05) is 50.9 Å². The molecular formula is C23H32N6O2. The Hall–Kier alpha value is -2.74. The first kappa shape index (κ1) is 21.5. The minimum atomic E-state index is -0.119. The molecule has 1 aromatic carbocycles. The number of para-hydroxylation sites is 1. The molecule has 1 saturated heterocycles. The van der Waals surface area contributed by atoms with E-state index in [1.54, 1.807) is 17.9 Å². The number of carbonyl (C=O) groups is 2. The van der Waals surface area contributed by atoms with Crippen molar-refractivity contribution in [2.75, 3.05) is 25.0 Å². The fourth-order valence-electron chi connectivity index (χ4n) is 4.91. The Morgan fingerprint density at radius 3 is 2.61 bits per heavy atom. The largest absolute Gasteiger partial charge is 0.331 e. The second kappa shape index (κ2) is 9.18. The molecule has 1 aromatic heterocycles. The highest BCUT2D eigenvalue weighted by atomic mass is 16.2. The Morgan fingerprint density at radius 2 is 1.87 bits per heavy atom. The summed E-state index contributed by atoms with van der Waals surface area (Å²) >= 11 is 0. The van der Waals surface area contributed by atoms with Gasteiger partial charge in [-0.25, -0.2) is 0 Å². The van der Waals surface area contributed by atoms with Crippen LogP contribution in [0.25, 0.3) is 0 Å². The highest BCUT2D eigenvalue weighted by Crippen LogP contribution is 2.30. The van der Waals surface area contributed by atoms with Gasteiger partial charge in [0.05, 0.1) is 6.20 Å². The molecule has 2 amide bonds. The third kappa shape index (κ3) is 4.49. The summed E-state index contributed by atoms with van der Waals surface area (Å²) < 4.78 is 1.55. The molecule has 2 aliphatic rings. The van der Waals surface area contributed by atoms with Gasteiger partial charge in [0.2, 0.25) is 5.91 Å². The van der Waals surface area contributed by atoms with Crippen LogP contribution in [0.1, 0.15) is 55.1 Å². The quantitative estimate of drug-likeness (QED) is 0.740. The molecule has 4 rings (SSSR count). The predicted molar refractivity (Wildman–Crippen MR) is 119 cm³/mol. The normalized spacial score (nSPS) is 22.5. The van der Waals surface area contributed by atoms with Gasteiger partial charge in [-0.05, 0) is 37.9 Å². The van der Waals surface area contributed by atoms with E-state index in [1.807, 2.05) is 41.0 Å². The summed E-state index contributed by atoms with van der Waals surface area (Å²) in [5.74, 6) is -0.000413. The van der Waals surface area contributed by atoms with Crippen LogP contribution >= 0.6 is 0 Å². The average Bonchev–Trinajstić information content (AvgIpc) is 3.21. The summed E-state index contributed by atoms with van der Waals surface area (Å²) in [6.07, 6.45) is 6.39. The maximum absolute atomic E-state index is 13.4. The smallest absolute Gasteiger partial charge is 0.276 e. The molecule has 8 heteroatoms. The Bertz CT molecular complexity index is 942. The number of nitrogens with zero attached hydrogens (tertiary/aromatic N) is 6. The lowest BCUT2D eigenvalue weighted by Crippen LogP contribution is -2.50. The molecule has 166 valence electrons. The van der Waals surface area contributed by atoms with E-state index < -0.39 is 0 Å². The summed E-state index contributed by atoms with van der Waals surface area (Å²) in [6, 6.07) is 8.66. The van der Waals surface area contributed by atoms with Crippen molar-refractivity contribution in [2.45, 2.75) is 57.7 Å². The van der Waals surface area contributed by atoms with Gasteiger partial charge in [-0.2, -0.15) is 0 Å². The first-order chi connectivity index (χ1) is 15.0. The number of rotatable bonds is 2. The topological polar surface area (TPSA) is 74.6 Å². The van der Waals surface area contributed by atoms with Crippen molar-refractivity contribution in [1.82, 2.24) is 24.8 Å². The van der Waals surface area contributed by atoms with E-state index in [2.05, 4.69) is 22.3 Å². The number of amides is 2. The van der Waals surface area contributed by atoms with Crippen molar-refractivity contribution in [1.29, 1.82) is 0 Å². The summed E-state index contributed by atoms with van der Waals surface area (Å²) in [5, 5.41) is 8.01. The van der Waals surface area contributed by atoms with Crippen LogP contribution < -0.4 is 4.90 Å². The molecule has 0 spiro atoms. The van der Waals surface area contributed by atoms with E-state index in [0.717, 1.165) is 36.9 Å². The number of hydrogen-bond donors (Lipinski definition) is 0. The first-order valence-electron chi connectivity index (χ1n) is 11.2. The fraction of sp³-hybridized carbons (Fsp3) is 0.565. The Balaban J connectivity index is 1.75. The Labute approximate surface area is 183 Å². The minimum Gasteiger partial charge on any atom is -0.331 e. The van der Waals surface area contributed by atoms with Crippen molar-refractivity contribution in [3.63, 3.8) is 0 Å². The lowest BCUT2D eigenvalue weighted by molar-refractivity contribution is -0.118. The van der Waals surface area contributed by atoms with Crippen LogP contribution in [0.4, 0.5) is 5.69 Å². The lowest BCUT2D eigenvalue weighted by Gasteiger charge is -2.41. The highest BCUT2D eigenvalue weighted by molar-refractivity contribution is 5.94. The number of likely N-dealkylation sites (N-methyl/N-ethyl adjacent to an activating group) is 1. The number of aromatic nitrogens is 3. The summed E-state index contributed by atoms with van der Waals surface area (Å²) in [7, 11) is 3.93. The molecule has 0 N–H and O–H groups in total. The van der Waals surface area contributed by atoms with E-state index in [9.17, 15) is 9.59 Å². The number of hydrogen-bond acceptors (Lipinski definition) is 5. The molecule has 0 radical (unpaired) electrons. The number of fused-ring (bicyclic) bond motifs is 3. The summed E-state index contributed by atoms with van der Waals surface area (Å²) in [6.45, 7) is 3.68. The van der Waals surface area contributed by atoms with Crippen LogP contribution in [0.3, 0.4) is 0 Å². The second-order valence-corrected chi connectivity index (χ2v) is 8.68. The third-order valence-corrected chi connectivity index (χ3v) is 6.70. The zero-order valence-corrected chi connectivity index (χ0v) is 18.7. The number of piperidine rings is 1. The predicted octanol–water partition coefficient (Wildman–Crippen LogP) is 2.46. The van der Waals surface area contributed by atoms with Gasteiger partial charge in [0.25, 0.3) is 5.91 Å². The molecule has 8 nitrogen and oxygen atoms in total. The van der Waals surface area contributed by atoms with Crippen molar-refractivity contribution in [2.24, 2.45) is 7.05 Å². The molecule has 2 atom stereocenters. The van der Waals surface area contributed by atoms with E-state index in [-0.39, 0.29) is 11.8 Å². The first-order valence-corrected chi connectivity index (χ1v) is 11.2. The van der Waals surface area contributed by atoms with Crippen LogP contribution in [-0.4, -0.2) is 68.8 Å². The fourth-order valence-corrected chi connectivity index (χ4v) is 4.91. The molecule has 1 fully saturated rings. The van der Waals surface area contributed by atoms with Crippen molar-refractivity contribution >= 4 is 17.5 Å². The Morgan fingerprint density at radius 1 is 1.10 bits per heavy atom. The monoisotopic (exact) mass is 424 g/mol. The highest BCUT2D eigenvalue weighted by Gasteiger charge is 2.33. The molecule has 2 unspecified atom stereocenters. The van der Waals surface area contributed by atoms with E-state index in [0.29, 0.717) is 43.8 Å². The van der Waals surface area contributed by atoms with E-state index >= 15 is 0 Å². The Kier molecular flexibility index (Phi) is 6.36. The SMILES string of the molecule is CCC(=O)N1CCC2CCCC(CN(C(=O)c3cn(C)nn3)Cc3ccccc31)N2C. The number of carbonyl (C=O) groups excluding carboxylic acids is 2. The van der Waals surface area contributed by atoms with Gasteiger partial charge < -0.3 is 9.80 Å². The molecule has 0 saturated carbocycles. The van der Waals surface area contributed by atoms with Crippen molar-refractivity contribution in [3.05, 3.63) is 41.7 Å². The summed E-state index contributed by atoms with van der Waals surface area (Å²) in [5.41, 5.74) is 2.25. The average molecular weight is 425 g/mol. The molecule has 0 aliphatic carbocycles. The van der Waals surface area contributed by atoms with Gasteiger partial charge in [0.1, 0.15) is 0 Å². The van der Waals surface area contributed by atoms with E-state index in [4.69, 9.17) is 0 Å². The second-order valence-electron chi connectivity index (χ2n) is 8.68. The van der Waals surface area contributed by atoms with Crippen LogP contribution in [0.15, 0.2) is 30.5 Å². The molecule has 3 heterocycles. The maximum atomic E-state index is 13.4. The number of anilines is 1. The number of aryl methyl sites for hydroxylation is 1. The third-order valence-electron chi connectivity index (χ3n) is 6.70.